The predicted octanol–water partition coefficient (Wildman–Crippen LogP) is 2.25. The van der Waals surface area contributed by atoms with E-state index in [-0.39, 0.29) is 12.3 Å². The summed E-state index contributed by atoms with van der Waals surface area (Å²) in [7, 11) is 0. The van der Waals surface area contributed by atoms with E-state index in [0.717, 1.165) is 5.56 Å². The normalized spacial score (nSPS) is 10.1. The molecule has 0 aromatic heterocycles. The van der Waals surface area contributed by atoms with Crippen molar-refractivity contribution in [2.75, 3.05) is 6.54 Å². The first kappa shape index (κ1) is 14.5. The zero-order valence-corrected chi connectivity index (χ0v) is 10.7. The number of aryl methyl sites for hydroxylation is 1. The molecule has 18 heavy (non-hydrogen) atoms. The van der Waals surface area contributed by atoms with Crippen molar-refractivity contribution in [3.63, 3.8) is 0 Å². The first-order valence-corrected chi connectivity index (χ1v) is 6.18. The number of carbonyl (C=O) groups excluding carboxylic acids is 1. The van der Waals surface area contributed by atoms with Gasteiger partial charge in [0, 0.05) is 24.4 Å². The molecule has 0 unspecified atom stereocenters. The van der Waals surface area contributed by atoms with Crippen molar-refractivity contribution in [2.24, 2.45) is 0 Å². The van der Waals surface area contributed by atoms with Gasteiger partial charge in [-0.3, -0.25) is 9.59 Å². The van der Waals surface area contributed by atoms with Crippen LogP contribution in [0.4, 0.5) is 0 Å². The van der Waals surface area contributed by atoms with Crippen molar-refractivity contribution < 1.29 is 14.7 Å². The number of carbonyl (C=O) groups is 2. The van der Waals surface area contributed by atoms with E-state index in [2.05, 4.69) is 5.32 Å². The lowest BCUT2D eigenvalue weighted by molar-refractivity contribution is -0.137. The quantitative estimate of drug-likeness (QED) is 0.746. The predicted molar refractivity (Wildman–Crippen MR) is 69.7 cm³/mol. The van der Waals surface area contributed by atoms with Crippen LogP contribution >= 0.6 is 11.6 Å². The molecule has 0 fully saturated rings. The van der Waals surface area contributed by atoms with E-state index in [9.17, 15) is 9.59 Å². The third kappa shape index (κ3) is 6.25. The summed E-state index contributed by atoms with van der Waals surface area (Å²) in [4.78, 5) is 21.7. The van der Waals surface area contributed by atoms with Gasteiger partial charge >= 0.3 is 5.97 Å². The molecule has 0 atom stereocenters. The van der Waals surface area contributed by atoms with Gasteiger partial charge in [-0.1, -0.05) is 23.7 Å². The Morgan fingerprint density at radius 2 is 1.83 bits per heavy atom. The summed E-state index contributed by atoms with van der Waals surface area (Å²) in [6.45, 7) is 0.408. The summed E-state index contributed by atoms with van der Waals surface area (Å²) in [5.41, 5.74) is 1.06. The third-order valence-corrected chi connectivity index (χ3v) is 2.70. The minimum Gasteiger partial charge on any atom is -0.481 e. The van der Waals surface area contributed by atoms with E-state index >= 15 is 0 Å². The highest BCUT2D eigenvalue weighted by Crippen LogP contribution is 2.10. The lowest BCUT2D eigenvalue weighted by Gasteiger charge is -2.04. The van der Waals surface area contributed by atoms with Crippen LogP contribution in [0.25, 0.3) is 0 Å². The number of halogens is 1. The van der Waals surface area contributed by atoms with E-state index in [0.29, 0.717) is 30.8 Å². The van der Waals surface area contributed by atoms with Gasteiger partial charge in [-0.25, -0.2) is 0 Å². The van der Waals surface area contributed by atoms with Crippen molar-refractivity contribution >= 4 is 23.5 Å². The maximum Gasteiger partial charge on any atom is 0.303 e. The fraction of sp³-hybridized carbons (Fsp3) is 0.385. The van der Waals surface area contributed by atoms with Gasteiger partial charge in [0.15, 0.2) is 0 Å². The van der Waals surface area contributed by atoms with Crippen molar-refractivity contribution in [2.45, 2.75) is 25.7 Å². The topological polar surface area (TPSA) is 66.4 Å². The standard InChI is InChI=1S/C13H16ClNO3/c14-11-6-3-10(4-7-11)5-8-12(16)15-9-1-2-13(17)18/h3-4,6-7H,1-2,5,8-9H2,(H,15,16)(H,17,18). The maximum absolute atomic E-state index is 11.4. The average Bonchev–Trinajstić information content (AvgIpc) is 2.34. The van der Waals surface area contributed by atoms with Crippen LogP contribution in [0.5, 0.6) is 0 Å². The average molecular weight is 270 g/mol. The van der Waals surface area contributed by atoms with Crippen LogP contribution in [-0.4, -0.2) is 23.5 Å². The van der Waals surface area contributed by atoms with Gasteiger partial charge in [0.25, 0.3) is 0 Å². The number of hydrogen-bond donors (Lipinski definition) is 2. The molecule has 0 heterocycles. The molecular formula is C13H16ClNO3. The molecule has 0 bridgehead atoms. The summed E-state index contributed by atoms with van der Waals surface area (Å²) in [5.74, 6) is -0.902. The van der Waals surface area contributed by atoms with Gasteiger partial charge in [-0.15, -0.1) is 0 Å². The number of carboxylic acid groups (broad SMARTS) is 1. The number of hydrogen-bond acceptors (Lipinski definition) is 2. The molecule has 4 nitrogen and oxygen atoms in total. The van der Waals surface area contributed by atoms with Crippen LogP contribution in [0.3, 0.4) is 0 Å². The summed E-state index contributed by atoms with van der Waals surface area (Å²) < 4.78 is 0. The minimum absolute atomic E-state index is 0.0599. The van der Waals surface area contributed by atoms with Crippen LogP contribution in [-0.2, 0) is 16.0 Å². The number of nitrogens with one attached hydrogen (secondary N) is 1. The van der Waals surface area contributed by atoms with E-state index in [1.54, 1.807) is 12.1 Å². The van der Waals surface area contributed by atoms with Gasteiger partial charge in [-0.05, 0) is 30.5 Å². The Bertz CT molecular complexity index is 403. The first-order chi connectivity index (χ1) is 8.58. The van der Waals surface area contributed by atoms with E-state index in [1.165, 1.54) is 0 Å². The monoisotopic (exact) mass is 269 g/mol. The Balaban J connectivity index is 2.17. The van der Waals surface area contributed by atoms with E-state index in [1.807, 2.05) is 12.1 Å². The molecule has 0 aliphatic heterocycles. The van der Waals surface area contributed by atoms with E-state index < -0.39 is 5.97 Å². The molecule has 0 saturated heterocycles. The highest BCUT2D eigenvalue weighted by atomic mass is 35.5. The number of carboxylic acids is 1. The molecule has 0 radical (unpaired) electrons. The molecule has 0 saturated carbocycles. The van der Waals surface area contributed by atoms with Crippen molar-refractivity contribution in [1.29, 1.82) is 0 Å². The molecular weight excluding hydrogens is 254 g/mol. The Morgan fingerprint density at radius 3 is 2.44 bits per heavy atom. The van der Waals surface area contributed by atoms with Gasteiger partial charge in [-0.2, -0.15) is 0 Å². The molecule has 1 aromatic carbocycles. The summed E-state index contributed by atoms with van der Waals surface area (Å²) in [6, 6.07) is 7.36. The lowest BCUT2D eigenvalue weighted by Crippen LogP contribution is -2.25. The number of benzene rings is 1. The minimum atomic E-state index is -0.842. The highest BCUT2D eigenvalue weighted by Gasteiger charge is 2.02. The number of rotatable bonds is 7. The van der Waals surface area contributed by atoms with Crippen molar-refractivity contribution in [3.05, 3.63) is 34.9 Å². The maximum atomic E-state index is 11.4. The molecule has 2 N–H and O–H groups in total. The summed E-state index contributed by atoms with van der Waals surface area (Å²) >= 11 is 5.76. The third-order valence-electron chi connectivity index (χ3n) is 2.44. The second-order valence-corrected chi connectivity index (χ2v) is 4.41. The SMILES string of the molecule is O=C(O)CCCNC(=O)CCc1ccc(Cl)cc1. The zero-order valence-electron chi connectivity index (χ0n) is 9.99. The largest absolute Gasteiger partial charge is 0.481 e. The number of aliphatic carboxylic acids is 1. The summed E-state index contributed by atoms with van der Waals surface area (Å²) in [6.07, 6.45) is 1.59. The zero-order chi connectivity index (χ0) is 13.4. The molecule has 1 rings (SSSR count). The molecule has 1 aromatic rings. The Morgan fingerprint density at radius 1 is 1.17 bits per heavy atom. The molecule has 0 aliphatic carbocycles. The highest BCUT2D eigenvalue weighted by molar-refractivity contribution is 6.30. The Hall–Kier alpha value is -1.55. The van der Waals surface area contributed by atoms with Crippen LogP contribution in [0.1, 0.15) is 24.8 Å². The Labute approximate surface area is 111 Å². The fourth-order valence-corrected chi connectivity index (χ4v) is 1.59. The van der Waals surface area contributed by atoms with Crippen LogP contribution < -0.4 is 5.32 Å². The van der Waals surface area contributed by atoms with E-state index in [4.69, 9.17) is 16.7 Å². The van der Waals surface area contributed by atoms with Gasteiger partial charge in [0.1, 0.15) is 0 Å². The van der Waals surface area contributed by atoms with Crippen LogP contribution in [0.2, 0.25) is 5.02 Å². The Kier molecular flexibility index (Phi) is 6.22. The van der Waals surface area contributed by atoms with Gasteiger partial charge in [0.2, 0.25) is 5.91 Å². The number of amides is 1. The molecule has 1 amide bonds. The second-order valence-electron chi connectivity index (χ2n) is 3.97. The smallest absolute Gasteiger partial charge is 0.303 e. The van der Waals surface area contributed by atoms with Gasteiger partial charge < -0.3 is 10.4 Å². The summed E-state index contributed by atoms with van der Waals surface area (Å²) in [5, 5.41) is 11.8. The van der Waals surface area contributed by atoms with Gasteiger partial charge in [0.05, 0.1) is 0 Å². The second kappa shape index (κ2) is 7.71. The van der Waals surface area contributed by atoms with Crippen LogP contribution in [0, 0.1) is 0 Å². The van der Waals surface area contributed by atoms with Crippen LogP contribution in [0.15, 0.2) is 24.3 Å². The first-order valence-electron chi connectivity index (χ1n) is 5.81. The molecule has 5 heteroatoms. The van der Waals surface area contributed by atoms with Crippen molar-refractivity contribution in [1.82, 2.24) is 5.32 Å². The van der Waals surface area contributed by atoms with Crippen molar-refractivity contribution in [3.8, 4) is 0 Å². The molecule has 0 aliphatic rings. The molecule has 98 valence electrons. The molecule has 0 spiro atoms. The fourth-order valence-electron chi connectivity index (χ4n) is 1.46. The lowest BCUT2D eigenvalue weighted by atomic mass is 10.1.